The number of likely N-dealkylation sites (N-methyl/N-ethyl adjacent to an activating group) is 3. The molecule has 7 fully saturated rings. The Hall–Kier alpha value is -7.92. The lowest BCUT2D eigenvalue weighted by Gasteiger charge is -2.60. The zero-order valence-corrected chi connectivity index (χ0v) is 80.6. The van der Waals surface area contributed by atoms with Crippen LogP contribution in [0.15, 0.2) is 159 Å². The van der Waals surface area contributed by atoms with Gasteiger partial charge in [0.1, 0.15) is 0 Å². The Labute approximate surface area is 751 Å². The molecule has 0 radical (unpaired) electrons. The lowest BCUT2D eigenvalue weighted by molar-refractivity contribution is -0.146. The predicted octanol–water partition coefficient (Wildman–Crippen LogP) is 23.8. The minimum atomic E-state index is -0.00801. The van der Waals surface area contributed by atoms with Crippen LogP contribution >= 0.6 is 0 Å². The van der Waals surface area contributed by atoms with E-state index in [9.17, 15) is 38.4 Å². The highest BCUT2D eigenvalue weighted by molar-refractivity contribution is 5.95. The molecule has 9 rings (SSSR count). The van der Waals surface area contributed by atoms with Gasteiger partial charge in [-0.05, 0) is 200 Å². The molecule has 1 N–H and O–H groups in total. The molecule has 1 atom stereocenters. The lowest BCUT2D eigenvalue weighted by atomic mass is 9.52. The smallest absolute Gasteiger partial charge is 0.249 e. The molecule has 17 nitrogen and oxygen atoms in total. The zero-order chi connectivity index (χ0) is 91.9. The first kappa shape index (κ1) is 113. The summed E-state index contributed by atoms with van der Waals surface area (Å²) in [6.45, 7) is 64.6. The van der Waals surface area contributed by atoms with E-state index in [0.717, 1.165) is 114 Å². The standard InChI is InChI=1S/C22H43NO.C17H25NO.C16H25NO.C13H17NO.C13H23NO.C9H15NO.C8H13NO2.C8H15NO/c1-4-5-6-7-8-9-10-11-12-13-14-15-16-17-18-19-20-23-22(24)21(2)3;1-3-5-6-7-11-14-18(17(19)4-2)15-16-12-9-8-10-13-16;1-4-17(15(18)11(2)3)16-8-12-5-13(9-16)7-14(6-12)10-16;1-10(2)13(15)14(4)11(3)12-8-6-5-7-9-12;1-3-5-11-14(13(15)4-2)12-9-7-6-8-10-12;1-8(2)9(11)10-6-4-3-5-7-10;1-7(2)8(10)9-3-5-11-6-4-9;1-5-9(6-2)8(10)7(3)4/h2,4-20H2,1,3H3,(H,23,24);4,8-10,12-13H,2-3,5-7,11,14-15H2,1H3;12-14H,2,4-10H2,1,3H3;5-9,11H,1H2,2-4H3;4,12H,2-3,5-11H2,1H3;1,3-7H2,2H3;1,3-6H2,2H3;3,5-6H2,1-2,4H3. The van der Waals surface area contributed by atoms with E-state index in [1.165, 1.54) is 217 Å². The zero-order valence-electron chi connectivity index (χ0n) is 80.6. The molecular weight excluding hydrogens is 1530 g/mol. The van der Waals surface area contributed by atoms with Gasteiger partial charge in [0.2, 0.25) is 47.3 Å². The number of morpholine rings is 1. The van der Waals surface area contributed by atoms with Crippen molar-refractivity contribution in [3.63, 3.8) is 0 Å². The molecule has 2 aliphatic heterocycles. The summed E-state index contributed by atoms with van der Waals surface area (Å²) in [4.78, 5) is 106. The number of rotatable bonds is 43. The van der Waals surface area contributed by atoms with Crippen molar-refractivity contribution in [3.8, 4) is 0 Å². The molecule has 4 bridgehead atoms. The molecule has 123 heavy (non-hydrogen) atoms. The maximum Gasteiger partial charge on any atom is 0.249 e. The summed E-state index contributed by atoms with van der Waals surface area (Å²) in [6, 6.07) is 20.6. The minimum absolute atomic E-state index is 0.00374. The van der Waals surface area contributed by atoms with Crippen LogP contribution in [0.2, 0.25) is 0 Å². The normalized spacial score (nSPS) is 17.2. The van der Waals surface area contributed by atoms with Crippen LogP contribution in [0.25, 0.3) is 0 Å². The fourth-order valence-corrected chi connectivity index (χ4v) is 17.4. The molecule has 8 amide bonds. The van der Waals surface area contributed by atoms with Gasteiger partial charge in [0.05, 0.1) is 19.3 Å². The molecule has 2 aromatic carbocycles. The van der Waals surface area contributed by atoms with E-state index in [1.54, 1.807) is 56.4 Å². The van der Waals surface area contributed by atoms with Crippen LogP contribution in [0.4, 0.5) is 0 Å². The van der Waals surface area contributed by atoms with Gasteiger partial charge in [0, 0.05) is 124 Å². The van der Waals surface area contributed by atoms with Gasteiger partial charge in [0.15, 0.2) is 0 Å². The van der Waals surface area contributed by atoms with Crippen LogP contribution in [-0.4, -0.2) is 179 Å². The van der Waals surface area contributed by atoms with Crippen LogP contribution in [0, 0.1) is 17.8 Å². The summed E-state index contributed by atoms with van der Waals surface area (Å²) in [5.74, 6) is 3.24. The maximum absolute atomic E-state index is 12.4. The second-order valence-electron chi connectivity index (χ2n) is 35.4. The molecule has 2 saturated heterocycles. The first-order valence-corrected chi connectivity index (χ1v) is 48.1. The predicted molar refractivity (Wildman–Crippen MR) is 518 cm³/mol. The second-order valence-corrected chi connectivity index (χ2v) is 35.4. The van der Waals surface area contributed by atoms with E-state index in [0.29, 0.717) is 72.3 Å². The van der Waals surface area contributed by atoms with Gasteiger partial charge in [-0.3, -0.25) is 38.4 Å². The fourth-order valence-electron chi connectivity index (χ4n) is 17.4. The first-order chi connectivity index (χ1) is 58.9. The van der Waals surface area contributed by atoms with Crippen molar-refractivity contribution in [1.29, 1.82) is 0 Å². The van der Waals surface area contributed by atoms with Gasteiger partial charge in [-0.2, -0.15) is 0 Å². The molecule has 5 aliphatic carbocycles. The molecule has 2 aromatic rings. The number of hydrogen-bond acceptors (Lipinski definition) is 9. The highest BCUT2D eigenvalue weighted by Crippen LogP contribution is 2.58. The van der Waals surface area contributed by atoms with Crippen molar-refractivity contribution in [2.24, 2.45) is 17.8 Å². The molecule has 0 aromatic heterocycles. The number of carbonyl (C=O) groups is 8. The molecule has 1 unspecified atom stereocenters. The number of likely N-dealkylation sites (tertiary alicyclic amines) is 1. The Morgan fingerprint density at radius 2 is 0.862 bits per heavy atom. The molecule has 17 heteroatoms. The molecule has 0 spiro atoms. The summed E-state index contributed by atoms with van der Waals surface area (Å²) in [6.07, 6.45) is 51.2. The molecule has 694 valence electrons. The van der Waals surface area contributed by atoms with Crippen molar-refractivity contribution in [1.82, 2.24) is 39.6 Å². The highest BCUT2D eigenvalue weighted by Gasteiger charge is 2.54. The van der Waals surface area contributed by atoms with E-state index in [4.69, 9.17) is 4.74 Å². The summed E-state index contributed by atoms with van der Waals surface area (Å²) in [5, 5.41) is 2.89. The third-order valence-electron chi connectivity index (χ3n) is 24.3. The number of unbranched alkanes of at least 4 members (excludes halogenated alkanes) is 20. The van der Waals surface area contributed by atoms with Gasteiger partial charge >= 0.3 is 0 Å². The van der Waals surface area contributed by atoms with Crippen molar-refractivity contribution in [2.75, 3.05) is 85.7 Å². The van der Waals surface area contributed by atoms with Crippen LogP contribution in [-0.2, 0) is 49.6 Å². The Bertz CT molecular complexity index is 3320. The van der Waals surface area contributed by atoms with Crippen molar-refractivity contribution < 1.29 is 43.1 Å². The van der Waals surface area contributed by atoms with Crippen molar-refractivity contribution >= 4 is 47.3 Å². The number of amides is 8. The van der Waals surface area contributed by atoms with Gasteiger partial charge in [-0.15, -0.1) is 0 Å². The fraction of sp³-hybridized carbons (Fsp3) is 0.660. The van der Waals surface area contributed by atoms with Gasteiger partial charge in [0.25, 0.3) is 0 Å². The van der Waals surface area contributed by atoms with Gasteiger partial charge < -0.3 is 44.4 Å². The lowest BCUT2D eigenvalue weighted by Crippen LogP contribution is -2.61. The summed E-state index contributed by atoms with van der Waals surface area (Å²) in [7, 11) is 1.80. The Morgan fingerprint density at radius 3 is 1.25 bits per heavy atom. The number of nitrogens with zero attached hydrogens (tertiary/aromatic N) is 7. The maximum atomic E-state index is 12.4. The Balaban J connectivity index is 0.000000713. The molecular formula is C106H176N8O9. The van der Waals surface area contributed by atoms with E-state index >= 15 is 0 Å². The number of benzene rings is 2. The Morgan fingerprint density at radius 1 is 0.455 bits per heavy atom. The van der Waals surface area contributed by atoms with E-state index in [2.05, 4.69) is 103 Å². The third-order valence-corrected chi connectivity index (χ3v) is 24.3. The number of ether oxygens (including phenoxy) is 1. The first-order valence-electron chi connectivity index (χ1n) is 48.1. The second kappa shape index (κ2) is 68.4. The number of carbonyl (C=O) groups excluding carboxylic acids is 8. The number of nitrogens with one attached hydrogen (secondary N) is 1. The van der Waals surface area contributed by atoms with Crippen LogP contribution in [0.3, 0.4) is 0 Å². The number of hydrogen-bond donors (Lipinski definition) is 1. The highest BCUT2D eigenvalue weighted by atomic mass is 16.5. The SMILES string of the molecule is C=C(C)C(=O)N(C)C(C)c1ccccc1.C=C(C)C(=O)N(CC)C12CC3CC(CC(C3)C1)C2.C=C(C)C(=O)N(CC)CC.C=C(C)C(=O)N1CCCCC1.C=C(C)C(=O)N1CCOCC1.C=C(C)C(=O)NCCCCCCCCCCCCCCCCCC.C=CC(=O)N(CCCC)C1CCCCC1.C=CC(=O)N(CCCCCCC)Cc1ccccc1. The van der Waals surface area contributed by atoms with E-state index in [1.807, 2.05) is 90.9 Å². The van der Waals surface area contributed by atoms with Gasteiger partial charge in [-0.1, -0.05) is 282 Å². The quantitative estimate of drug-likeness (QED) is 0.0499. The van der Waals surface area contributed by atoms with Crippen molar-refractivity contribution in [2.45, 2.75) is 352 Å². The minimum Gasteiger partial charge on any atom is -0.378 e. The molecule has 7 aliphatic rings. The third kappa shape index (κ3) is 47.8. The van der Waals surface area contributed by atoms with E-state index in [-0.39, 0.29) is 58.8 Å². The summed E-state index contributed by atoms with van der Waals surface area (Å²) < 4.78 is 5.11. The van der Waals surface area contributed by atoms with E-state index < -0.39 is 0 Å². The van der Waals surface area contributed by atoms with Crippen LogP contribution < -0.4 is 5.32 Å². The molecule has 2 heterocycles. The Kier molecular flexibility index (Phi) is 62.9. The average Bonchev–Trinajstić information content (AvgIpc) is 0.734. The van der Waals surface area contributed by atoms with Gasteiger partial charge in [-0.25, -0.2) is 0 Å². The largest absolute Gasteiger partial charge is 0.378 e. The monoisotopic (exact) mass is 1710 g/mol. The summed E-state index contributed by atoms with van der Waals surface area (Å²) >= 11 is 0. The topological polar surface area (TPSA) is 180 Å². The molecule has 5 saturated carbocycles. The van der Waals surface area contributed by atoms with Crippen molar-refractivity contribution in [3.05, 3.63) is 170 Å². The number of piperidine rings is 1. The summed E-state index contributed by atoms with van der Waals surface area (Å²) in [5.41, 5.74) is 6.25. The van der Waals surface area contributed by atoms with Crippen LogP contribution in [0.1, 0.15) is 345 Å². The average molecular weight is 1710 g/mol. The van der Waals surface area contributed by atoms with Crippen LogP contribution in [0.5, 0.6) is 0 Å².